The summed E-state index contributed by atoms with van der Waals surface area (Å²) in [6.45, 7) is 12.1. The molecule has 1 aromatic rings. The van der Waals surface area contributed by atoms with E-state index in [1.165, 1.54) is 0 Å². The lowest BCUT2D eigenvalue weighted by molar-refractivity contribution is -0.00545. The average molecular weight is 361 g/mol. The first-order chi connectivity index (χ1) is 12.4. The van der Waals surface area contributed by atoms with E-state index in [0.717, 1.165) is 38.4 Å². The fraction of sp³-hybridized carbons (Fsp3) is 0.684. The minimum absolute atomic E-state index is 0.163. The first kappa shape index (κ1) is 18.9. The smallest absolute Gasteiger partial charge is 0.319 e. The van der Waals surface area contributed by atoms with Gasteiger partial charge in [-0.1, -0.05) is 0 Å². The molecule has 3 rings (SSSR count). The number of nitrogens with one attached hydrogen (secondary N) is 2. The van der Waals surface area contributed by atoms with Gasteiger partial charge in [0, 0.05) is 38.3 Å². The quantitative estimate of drug-likeness (QED) is 0.861. The van der Waals surface area contributed by atoms with Crippen molar-refractivity contribution in [3.05, 3.63) is 18.3 Å². The van der Waals surface area contributed by atoms with Crippen LogP contribution in [0.1, 0.15) is 34.1 Å². The normalized spacial score (nSPS) is 27.0. The molecular weight excluding hydrogens is 330 g/mol. The highest BCUT2D eigenvalue weighted by molar-refractivity contribution is 5.89. The minimum atomic E-state index is -0.163. The third-order valence-corrected chi connectivity index (χ3v) is 5.03. The molecule has 7 nitrogen and oxygen atoms in total. The Labute approximate surface area is 156 Å². The van der Waals surface area contributed by atoms with E-state index in [0.29, 0.717) is 11.7 Å². The van der Waals surface area contributed by atoms with E-state index >= 15 is 0 Å². The van der Waals surface area contributed by atoms with Crippen molar-refractivity contribution in [1.29, 1.82) is 0 Å². The van der Waals surface area contributed by atoms with Gasteiger partial charge in [-0.2, -0.15) is 0 Å². The molecule has 144 valence electrons. The van der Waals surface area contributed by atoms with Crippen LogP contribution in [0.2, 0.25) is 0 Å². The number of hydrogen-bond acceptors (Lipinski definition) is 5. The van der Waals surface area contributed by atoms with Crippen molar-refractivity contribution < 1.29 is 9.53 Å². The number of morpholine rings is 1. The molecule has 1 aromatic heterocycles. The molecule has 2 aliphatic heterocycles. The molecule has 0 radical (unpaired) electrons. The van der Waals surface area contributed by atoms with Gasteiger partial charge in [0.2, 0.25) is 0 Å². The van der Waals surface area contributed by atoms with Gasteiger partial charge in [0.25, 0.3) is 0 Å². The zero-order valence-corrected chi connectivity index (χ0v) is 16.2. The number of anilines is 2. The van der Waals surface area contributed by atoms with Crippen LogP contribution in [0.5, 0.6) is 0 Å². The molecule has 0 aromatic carbocycles. The number of likely N-dealkylation sites (tertiary alicyclic amines) is 1. The van der Waals surface area contributed by atoms with Crippen LogP contribution in [0.4, 0.5) is 16.3 Å². The minimum Gasteiger partial charge on any atom is -0.372 e. The van der Waals surface area contributed by atoms with E-state index in [1.807, 2.05) is 12.1 Å². The Balaban J connectivity index is 1.50. The SMILES string of the molecule is CC1CN(c2ccc(NC(=O)NC3CCN(C(C)C)C3)cn2)CC(C)O1. The van der Waals surface area contributed by atoms with Crippen LogP contribution in [0.3, 0.4) is 0 Å². The lowest BCUT2D eigenvalue weighted by Gasteiger charge is -2.36. The molecule has 3 atom stereocenters. The van der Waals surface area contributed by atoms with Gasteiger partial charge in [-0.15, -0.1) is 0 Å². The summed E-state index contributed by atoms with van der Waals surface area (Å²) in [5, 5.41) is 5.94. The second-order valence-corrected chi connectivity index (χ2v) is 7.74. The number of amides is 2. The fourth-order valence-electron chi connectivity index (χ4n) is 3.74. The van der Waals surface area contributed by atoms with Crippen molar-refractivity contribution in [3.63, 3.8) is 0 Å². The molecule has 2 N–H and O–H groups in total. The highest BCUT2D eigenvalue weighted by atomic mass is 16.5. The number of carbonyl (C=O) groups excluding carboxylic acids is 1. The van der Waals surface area contributed by atoms with Gasteiger partial charge < -0.3 is 20.3 Å². The van der Waals surface area contributed by atoms with E-state index in [9.17, 15) is 4.79 Å². The van der Waals surface area contributed by atoms with Gasteiger partial charge in [-0.05, 0) is 46.2 Å². The maximum absolute atomic E-state index is 12.2. The zero-order chi connectivity index (χ0) is 18.7. The number of pyridine rings is 1. The van der Waals surface area contributed by atoms with Gasteiger partial charge in [0.1, 0.15) is 5.82 Å². The van der Waals surface area contributed by atoms with E-state index in [2.05, 4.69) is 53.1 Å². The van der Waals surface area contributed by atoms with Crippen LogP contribution in [0.25, 0.3) is 0 Å². The molecule has 2 saturated heterocycles. The van der Waals surface area contributed by atoms with E-state index in [1.54, 1.807) is 6.20 Å². The van der Waals surface area contributed by atoms with Crippen molar-refractivity contribution >= 4 is 17.5 Å². The number of hydrogen-bond donors (Lipinski definition) is 2. The van der Waals surface area contributed by atoms with Crippen LogP contribution in [-0.2, 0) is 4.74 Å². The predicted molar refractivity (Wildman–Crippen MR) is 104 cm³/mol. The summed E-state index contributed by atoms with van der Waals surface area (Å²) in [6.07, 6.45) is 3.10. The average Bonchev–Trinajstić information content (AvgIpc) is 3.03. The van der Waals surface area contributed by atoms with Gasteiger partial charge in [0.05, 0.1) is 24.1 Å². The standard InChI is InChI=1S/C19H31N5O2/c1-13(2)23-8-7-17(12-23)22-19(25)21-16-5-6-18(20-9-16)24-10-14(3)26-15(4)11-24/h5-6,9,13-15,17H,7-8,10-12H2,1-4H3,(H2,21,22,25). The molecule has 7 heteroatoms. The van der Waals surface area contributed by atoms with E-state index in [-0.39, 0.29) is 24.3 Å². The van der Waals surface area contributed by atoms with Crippen molar-refractivity contribution in [2.75, 3.05) is 36.4 Å². The molecule has 0 saturated carbocycles. The van der Waals surface area contributed by atoms with Crippen molar-refractivity contribution in [1.82, 2.24) is 15.2 Å². The molecule has 2 fully saturated rings. The van der Waals surface area contributed by atoms with Crippen molar-refractivity contribution in [3.8, 4) is 0 Å². The summed E-state index contributed by atoms with van der Waals surface area (Å²) in [6, 6.07) is 4.43. The molecule has 2 aliphatic rings. The number of urea groups is 1. The molecule has 2 amide bonds. The third kappa shape index (κ3) is 4.86. The number of rotatable bonds is 4. The van der Waals surface area contributed by atoms with Crippen molar-refractivity contribution in [2.24, 2.45) is 0 Å². The Kier molecular flexibility index (Phi) is 5.98. The molecule has 0 spiro atoms. The van der Waals surface area contributed by atoms with Crippen LogP contribution >= 0.6 is 0 Å². The van der Waals surface area contributed by atoms with Gasteiger partial charge in [-0.25, -0.2) is 9.78 Å². The molecule has 0 bridgehead atoms. The van der Waals surface area contributed by atoms with Crippen LogP contribution < -0.4 is 15.5 Å². The highest BCUT2D eigenvalue weighted by Crippen LogP contribution is 2.20. The largest absolute Gasteiger partial charge is 0.372 e. The van der Waals surface area contributed by atoms with E-state index < -0.39 is 0 Å². The first-order valence-corrected chi connectivity index (χ1v) is 9.58. The fourth-order valence-corrected chi connectivity index (χ4v) is 3.74. The molecule has 3 heterocycles. The van der Waals surface area contributed by atoms with Gasteiger partial charge >= 0.3 is 6.03 Å². The maximum Gasteiger partial charge on any atom is 0.319 e. The number of aromatic nitrogens is 1. The number of carbonyl (C=O) groups is 1. The molecule has 26 heavy (non-hydrogen) atoms. The topological polar surface area (TPSA) is 69.7 Å². The third-order valence-electron chi connectivity index (χ3n) is 5.03. The van der Waals surface area contributed by atoms with Gasteiger partial charge in [-0.3, -0.25) is 4.90 Å². The predicted octanol–water partition coefficient (Wildman–Crippen LogP) is 2.30. The van der Waals surface area contributed by atoms with E-state index in [4.69, 9.17) is 4.74 Å². The first-order valence-electron chi connectivity index (χ1n) is 9.58. The summed E-state index contributed by atoms with van der Waals surface area (Å²) in [5.41, 5.74) is 0.708. The monoisotopic (exact) mass is 361 g/mol. The number of nitrogens with zero attached hydrogens (tertiary/aromatic N) is 3. The Hall–Kier alpha value is -1.86. The summed E-state index contributed by atoms with van der Waals surface area (Å²) >= 11 is 0. The van der Waals surface area contributed by atoms with Gasteiger partial charge in [0.15, 0.2) is 0 Å². The Morgan fingerprint density at radius 3 is 2.54 bits per heavy atom. The van der Waals surface area contributed by atoms with Crippen molar-refractivity contribution in [2.45, 2.75) is 58.4 Å². The van der Waals surface area contributed by atoms with Crippen LogP contribution in [0.15, 0.2) is 18.3 Å². The second-order valence-electron chi connectivity index (χ2n) is 7.74. The van der Waals surface area contributed by atoms with Crippen LogP contribution in [-0.4, -0.2) is 66.4 Å². The summed E-state index contributed by atoms with van der Waals surface area (Å²) in [4.78, 5) is 21.3. The van der Waals surface area contributed by atoms with Crippen LogP contribution in [0, 0.1) is 0 Å². The summed E-state index contributed by atoms with van der Waals surface area (Å²) in [7, 11) is 0. The lowest BCUT2D eigenvalue weighted by Crippen LogP contribution is -2.45. The summed E-state index contributed by atoms with van der Waals surface area (Å²) in [5.74, 6) is 0.918. The Bertz CT molecular complexity index is 596. The molecule has 0 aliphatic carbocycles. The Morgan fingerprint density at radius 1 is 1.23 bits per heavy atom. The molecular formula is C19H31N5O2. The Morgan fingerprint density at radius 2 is 1.96 bits per heavy atom. The summed E-state index contributed by atoms with van der Waals surface area (Å²) < 4.78 is 5.76. The maximum atomic E-state index is 12.2. The number of ether oxygens (including phenoxy) is 1. The molecule has 3 unspecified atom stereocenters. The lowest BCUT2D eigenvalue weighted by atomic mass is 10.2. The second kappa shape index (κ2) is 8.22. The zero-order valence-electron chi connectivity index (χ0n) is 16.2. The highest BCUT2D eigenvalue weighted by Gasteiger charge is 2.25.